The van der Waals surface area contributed by atoms with Gasteiger partial charge in [-0.3, -0.25) is 19.5 Å². The first-order valence-corrected chi connectivity index (χ1v) is 15.5. The van der Waals surface area contributed by atoms with Crippen LogP contribution < -0.4 is 24.5 Å². The average Bonchev–Trinajstić information content (AvgIpc) is 3.31. The van der Waals surface area contributed by atoms with Gasteiger partial charge in [-0.15, -0.1) is 0 Å². The van der Waals surface area contributed by atoms with Gasteiger partial charge in [0.15, 0.2) is 4.80 Å². The summed E-state index contributed by atoms with van der Waals surface area (Å²) in [6.07, 6.45) is 2.85. The highest BCUT2D eigenvalue weighted by Gasteiger charge is 2.36. The number of allylic oxidation sites excluding steroid dienone is 1. The van der Waals surface area contributed by atoms with Crippen molar-refractivity contribution in [3.8, 4) is 5.75 Å². The number of anilines is 1. The molecule has 13 heteroatoms. The molecule has 0 amide bonds. The number of methoxy groups -OCH3 is 1. The summed E-state index contributed by atoms with van der Waals surface area (Å²) >= 11 is 4.69. The van der Waals surface area contributed by atoms with Gasteiger partial charge in [-0.05, 0) is 49.2 Å². The van der Waals surface area contributed by atoms with E-state index in [0.29, 0.717) is 70.3 Å². The monoisotopic (exact) mass is 670 g/mol. The fraction of sp³-hybridized carbons (Fsp3) is 0.367. The van der Waals surface area contributed by atoms with E-state index >= 15 is 0 Å². The largest absolute Gasteiger partial charge is 0.496 e. The molecule has 3 aromatic rings. The van der Waals surface area contributed by atoms with Crippen molar-refractivity contribution in [2.75, 3.05) is 44.9 Å². The predicted molar refractivity (Wildman–Crippen MR) is 166 cm³/mol. The van der Waals surface area contributed by atoms with E-state index in [9.17, 15) is 19.7 Å². The number of aromatic nitrogens is 1. The van der Waals surface area contributed by atoms with Crippen LogP contribution in [-0.2, 0) is 14.3 Å². The molecule has 0 bridgehead atoms. The van der Waals surface area contributed by atoms with Crippen LogP contribution in [0.2, 0.25) is 0 Å². The zero-order chi connectivity index (χ0) is 30.7. The zero-order valence-corrected chi connectivity index (χ0v) is 26.4. The van der Waals surface area contributed by atoms with Gasteiger partial charge in [-0.2, -0.15) is 0 Å². The van der Waals surface area contributed by atoms with E-state index in [2.05, 4.69) is 15.9 Å². The molecule has 11 nitrogen and oxygen atoms in total. The lowest BCUT2D eigenvalue weighted by molar-refractivity contribution is -0.384. The molecule has 43 heavy (non-hydrogen) atoms. The Labute approximate surface area is 260 Å². The predicted octanol–water partition coefficient (Wildman–Crippen LogP) is 4.09. The highest BCUT2D eigenvalue weighted by Crippen LogP contribution is 2.38. The first-order valence-electron chi connectivity index (χ1n) is 13.9. The molecule has 0 aliphatic carbocycles. The summed E-state index contributed by atoms with van der Waals surface area (Å²) < 4.78 is 19.1. The number of hydrogen-bond acceptors (Lipinski definition) is 10. The lowest BCUT2D eigenvalue weighted by atomic mass is 9.93. The Morgan fingerprint density at radius 3 is 2.67 bits per heavy atom. The number of hydrogen-bond donors (Lipinski definition) is 0. The fourth-order valence-electron chi connectivity index (χ4n) is 5.33. The molecule has 0 radical (unpaired) electrons. The Kier molecular flexibility index (Phi) is 9.43. The van der Waals surface area contributed by atoms with Crippen LogP contribution in [0.1, 0.15) is 43.9 Å². The number of thiazole rings is 1. The summed E-state index contributed by atoms with van der Waals surface area (Å²) in [4.78, 5) is 46.3. The van der Waals surface area contributed by atoms with Crippen molar-refractivity contribution < 1.29 is 23.9 Å². The zero-order valence-electron chi connectivity index (χ0n) is 24.0. The number of esters is 1. The number of carbonyl (C=O) groups is 1. The third-order valence-electron chi connectivity index (χ3n) is 7.22. The lowest BCUT2D eigenvalue weighted by Crippen LogP contribution is -2.40. The Balaban J connectivity index is 1.71. The minimum atomic E-state index is -0.857. The number of fused-ring (bicyclic) bond motifs is 1. The van der Waals surface area contributed by atoms with Crippen molar-refractivity contribution >= 4 is 50.7 Å². The summed E-state index contributed by atoms with van der Waals surface area (Å²) in [6, 6.07) is 9.50. The second kappa shape index (κ2) is 13.2. The molecule has 1 atom stereocenters. The highest BCUT2D eigenvalue weighted by molar-refractivity contribution is 9.10. The Hall–Kier alpha value is -3.81. The quantitative estimate of drug-likeness (QED) is 0.189. The molecule has 2 aliphatic rings. The van der Waals surface area contributed by atoms with Crippen molar-refractivity contribution in [3.05, 3.63) is 93.1 Å². The number of benzene rings is 2. The first-order chi connectivity index (χ1) is 20.8. The number of morpholine rings is 1. The van der Waals surface area contributed by atoms with Crippen LogP contribution in [0, 0.1) is 10.1 Å². The van der Waals surface area contributed by atoms with Gasteiger partial charge < -0.3 is 19.1 Å². The van der Waals surface area contributed by atoms with E-state index < -0.39 is 16.9 Å². The van der Waals surface area contributed by atoms with Crippen LogP contribution in [0.5, 0.6) is 5.75 Å². The van der Waals surface area contributed by atoms with Crippen LogP contribution in [0.25, 0.3) is 6.08 Å². The SMILES string of the molecule is CCCC1=C(C(=O)OCC)[C@H](c2cc(Br)ccc2OC)n2c(s/c(=C\c3ccc(N4CCOCC4)c([N+](=O)[O-])c3)c2=O)=N1. The number of nitrogens with zero attached hydrogens (tertiary/aromatic N) is 4. The van der Waals surface area contributed by atoms with E-state index in [1.54, 1.807) is 31.2 Å². The normalized spacial score (nSPS) is 17.0. The van der Waals surface area contributed by atoms with Gasteiger partial charge >= 0.3 is 5.97 Å². The summed E-state index contributed by atoms with van der Waals surface area (Å²) in [5, 5.41) is 12.0. The molecule has 0 spiro atoms. The third-order valence-corrected chi connectivity index (χ3v) is 8.70. The molecule has 0 N–H and O–H groups in total. The second-order valence-electron chi connectivity index (χ2n) is 9.90. The van der Waals surface area contributed by atoms with Crippen LogP contribution >= 0.6 is 27.3 Å². The maximum Gasteiger partial charge on any atom is 0.338 e. The smallest absolute Gasteiger partial charge is 0.338 e. The molecule has 226 valence electrons. The van der Waals surface area contributed by atoms with Crippen LogP contribution in [0.4, 0.5) is 11.4 Å². The average molecular weight is 672 g/mol. The molecule has 2 aliphatic heterocycles. The summed E-state index contributed by atoms with van der Waals surface area (Å²) in [5.74, 6) is -0.0537. The lowest BCUT2D eigenvalue weighted by Gasteiger charge is -2.28. The minimum absolute atomic E-state index is 0.0463. The van der Waals surface area contributed by atoms with Gasteiger partial charge in [0.1, 0.15) is 17.5 Å². The molecular formula is C30H31BrN4O7S. The number of nitro groups is 1. The first kappa shape index (κ1) is 30.6. The molecule has 1 aromatic heterocycles. The van der Waals surface area contributed by atoms with E-state index in [-0.39, 0.29) is 23.4 Å². The fourth-order valence-corrected chi connectivity index (χ4v) is 6.73. The van der Waals surface area contributed by atoms with Crippen molar-refractivity contribution in [2.45, 2.75) is 32.7 Å². The molecule has 1 saturated heterocycles. The van der Waals surface area contributed by atoms with Gasteiger partial charge in [0.05, 0.1) is 47.7 Å². The summed E-state index contributed by atoms with van der Waals surface area (Å²) in [5.41, 5.74) is 2.02. The molecular weight excluding hydrogens is 640 g/mol. The van der Waals surface area contributed by atoms with Crippen molar-refractivity contribution in [1.29, 1.82) is 0 Å². The topological polar surface area (TPSA) is 126 Å². The van der Waals surface area contributed by atoms with Gasteiger partial charge in [0.25, 0.3) is 11.2 Å². The Morgan fingerprint density at radius 2 is 2.00 bits per heavy atom. The van der Waals surface area contributed by atoms with Gasteiger partial charge in [-0.1, -0.05) is 46.7 Å². The van der Waals surface area contributed by atoms with Crippen molar-refractivity contribution in [2.24, 2.45) is 4.99 Å². The molecule has 1 fully saturated rings. The molecule has 0 saturated carbocycles. The third kappa shape index (κ3) is 6.15. The van der Waals surface area contributed by atoms with Crippen molar-refractivity contribution in [1.82, 2.24) is 4.57 Å². The molecule has 5 rings (SSSR count). The van der Waals surface area contributed by atoms with Crippen molar-refractivity contribution in [3.63, 3.8) is 0 Å². The Bertz CT molecular complexity index is 1780. The van der Waals surface area contributed by atoms with E-state index in [1.807, 2.05) is 24.0 Å². The summed E-state index contributed by atoms with van der Waals surface area (Å²) in [6.45, 7) is 5.99. The van der Waals surface area contributed by atoms with Crippen LogP contribution in [0.3, 0.4) is 0 Å². The maximum absolute atomic E-state index is 14.1. The van der Waals surface area contributed by atoms with E-state index in [4.69, 9.17) is 19.2 Å². The number of halogens is 1. The molecule has 3 heterocycles. The van der Waals surface area contributed by atoms with Crippen LogP contribution in [-0.4, -0.2) is 55.5 Å². The minimum Gasteiger partial charge on any atom is -0.496 e. The van der Waals surface area contributed by atoms with Gasteiger partial charge in [0.2, 0.25) is 0 Å². The maximum atomic E-state index is 14.1. The highest BCUT2D eigenvalue weighted by atomic mass is 79.9. The van der Waals surface area contributed by atoms with Crippen LogP contribution in [0.15, 0.2) is 61.9 Å². The van der Waals surface area contributed by atoms with Gasteiger partial charge in [-0.25, -0.2) is 9.79 Å². The number of ether oxygens (including phenoxy) is 3. The Morgan fingerprint density at radius 1 is 1.23 bits per heavy atom. The summed E-state index contributed by atoms with van der Waals surface area (Å²) in [7, 11) is 1.53. The molecule has 2 aromatic carbocycles. The molecule has 0 unspecified atom stereocenters. The standard InChI is InChI=1S/C30H31BrN4O7S/c1-4-6-21-26(29(37)42-5-2)27(20-17-19(31)8-10-24(20)40-3)34-28(36)25(43-30(34)32-21)16-18-7-9-22(23(15-18)35(38)39)33-11-13-41-14-12-33/h7-10,15-17,27H,4-6,11-14H2,1-3H3/b25-16-/t27-/m0/s1. The van der Waals surface area contributed by atoms with E-state index in [1.165, 1.54) is 29.1 Å². The number of rotatable bonds is 9. The second-order valence-corrected chi connectivity index (χ2v) is 11.8. The van der Waals surface area contributed by atoms with E-state index in [0.717, 1.165) is 10.9 Å². The number of nitro benzene ring substituents is 1. The van der Waals surface area contributed by atoms with Gasteiger partial charge in [0, 0.05) is 29.2 Å². The number of carbonyl (C=O) groups excluding carboxylic acids is 1.